The maximum atomic E-state index is 12.5. The van der Waals surface area contributed by atoms with Gasteiger partial charge in [0.15, 0.2) is 0 Å². The van der Waals surface area contributed by atoms with Crippen LogP contribution in [0, 0.1) is 11.8 Å². The third kappa shape index (κ3) is 5.20. The Morgan fingerprint density at radius 2 is 1.62 bits per heavy atom. The summed E-state index contributed by atoms with van der Waals surface area (Å²) in [6.45, 7) is 0.00278. The molecule has 3 aromatic rings. The highest BCUT2D eigenvalue weighted by atomic mass is 35.5. The molecule has 3 N–H and O–H groups in total. The molecule has 8 heteroatoms. The van der Waals surface area contributed by atoms with Gasteiger partial charge in [-0.05, 0) is 40.5 Å². The lowest BCUT2D eigenvalue weighted by molar-refractivity contribution is -0.130. The van der Waals surface area contributed by atoms with Crippen LogP contribution >= 0.6 is 11.6 Å². The summed E-state index contributed by atoms with van der Waals surface area (Å²) in [4.78, 5) is 35.2. The monoisotopic (exact) mass is 474 g/mol. The molecule has 7 nitrogen and oxygen atoms in total. The molecule has 0 saturated carbocycles. The third-order valence-electron chi connectivity index (χ3n) is 5.28. The van der Waals surface area contributed by atoms with Crippen LogP contribution in [0.25, 0.3) is 11.1 Å². The van der Waals surface area contributed by atoms with Crippen LogP contribution in [0.3, 0.4) is 0 Å². The minimum atomic E-state index is -1.29. The van der Waals surface area contributed by atoms with E-state index >= 15 is 0 Å². The van der Waals surface area contributed by atoms with E-state index in [9.17, 15) is 14.4 Å². The van der Waals surface area contributed by atoms with E-state index in [4.69, 9.17) is 21.4 Å². The number of ether oxygens (including phenoxy) is 1. The van der Waals surface area contributed by atoms with E-state index in [2.05, 4.69) is 28.7 Å². The Kier molecular flexibility index (Phi) is 6.81. The molecule has 1 aliphatic carbocycles. The van der Waals surface area contributed by atoms with Gasteiger partial charge in [0.1, 0.15) is 6.61 Å². The lowest BCUT2D eigenvalue weighted by Gasteiger charge is -2.15. The second kappa shape index (κ2) is 10.1. The summed E-state index contributed by atoms with van der Waals surface area (Å²) in [5.41, 5.74) is 4.93. The number of anilines is 1. The van der Waals surface area contributed by atoms with Crippen molar-refractivity contribution >= 4 is 35.3 Å². The molecule has 34 heavy (non-hydrogen) atoms. The van der Waals surface area contributed by atoms with Crippen LogP contribution in [-0.2, 0) is 9.53 Å². The Balaban J connectivity index is 1.41. The van der Waals surface area contributed by atoms with Gasteiger partial charge in [0.05, 0.1) is 6.54 Å². The van der Waals surface area contributed by atoms with Gasteiger partial charge in [-0.15, -0.1) is 0 Å². The van der Waals surface area contributed by atoms with Crippen LogP contribution in [0.5, 0.6) is 0 Å². The van der Waals surface area contributed by atoms with E-state index in [0.717, 1.165) is 22.3 Å². The molecule has 0 aliphatic heterocycles. The number of carboxylic acids is 1. The fourth-order valence-electron chi connectivity index (χ4n) is 3.89. The number of hydrogen-bond acceptors (Lipinski definition) is 4. The van der Waals surface area contributed by atoms with Crippen molar-refractivity contribution in [1.82, 2.24) is 5.32 Å². The predicted octanol–water partition coefficient (Wildman–Crippen LogP) is 4.52. The SMILES string of the molecule is O=C(O)C#CCNC(=O)c1cc(Cl)cc(NC(=O)OCC2c3ccccc3-c3ccccc32)c1. The zero-order chi connectivity index (χ0) is 24.1. The number of carboxylic acid groups (broad SMARTS) is 1. The second-order valence-corrected chi connectivity index (χ2v) is 7.91. The molecule has 0 aromatic heterocycles. The van der Waals surface area contributed by atoms with Crippen LogP contribution in [0.4, 0.5) is 10.5 Å². The maximum absolute atomic E-state index is 12.5. The average Bonchev–Trinajstić information content (AvgIpc) is 3.13. The maximum Gasteiger partial charge on any atom is 0.411 e. The van der Waals surface area contributed by atoms with Crippen LogP contribution in [-0.4, -0.2) is 36.2 Å². The van der Waals surface area contributed by atoms with Crippen LogP contribution in [0.15, 0.2) is 66.7 Å². The molecule has 1 aliphatic rings. The highest BCUT2D eigenvalue weighted by molar-refractivity contribution is 6.31. The molecule has 0 spiro atoms. The Hall–Kier alpha value is -4.28. The van der Waals surface area contributed by atoms with Crippen LogP contribution in [0.2, 0.25) is 5.02 Å². The number of hydrogen-bond donors (Lipinski definition) is 3. The number of carbonyl (C=O) groups excluding carboxylic acids is 2. The number of halogens is 1. The zero-order valence-corrected chi connectivity index (χ0v) is 18.6. The first-order valence-electron chi connectivity index (χ1n) is 10.3. The first-order valence-corrected chi connectivity index (χ1v) is 10.7. The Labute approximate surface area is 200 Å². The van der Waals surface area contributed by atoms with Crippen LogP contribution < -0.4 is 10.6 Å². The molecule has 0 fully saturated rings. The largest absolute Gasteiger partial charge is 0.472 e. The summed E-state index contributed by atoms with van der Waals surface area (Å²) in [5, 5.41) is 13.8. The fourth-order valence-corrected chi connectivity index (χ4v) is 4.13. The number of aliphatic carboxylic acids is 1. The van der Waals surface area contributed by atoms with E-state index in [1.54, 1.807) is 0 Å². The molecule has 4 rings (SSSR count). The molecular formula is C26H19ClN2O5. The molecule has 0 radical (unpaired) electrons. The highest BCUT2D eigenvalue weighted by Crippen LogP contribution is 2.44. The fraction of sp³-hybridized carbons (Fsp3) is 0.115. The van der Waals surface area contributed by atoms with Crippen molar-refractivity contribution in [2.24, 2.45) is 0 Å². The van der Waals surface area contributed by atoms with Gasteiger partial charge in [0.25, 0.3) is 5.91 Å². The quantitative estimate of drug-likeness (QED) is 0.472. The van der Waals surface area contributed by atoms with E-state index in [1.165, 1.54) is 18.2 Å². The Morgan fingerprint density at radius 3 is 2.26 bits per heavy atom. The van der Waals surface area contributed by atoms with Crippen molar-refractivity contribution in [3.05, 3.63) is 88.4 Å². The lowest BCUT2D eigenvalue weighted by Crippen LogP contribution is -2.24. The summed E-state index contributed by atoms with van der Waals surface area (Å²) in [6, 6.07) is 20.4. The number of benzene rings is 3. The second-order valence-electron chi connectivity index (χ2n) is 7.47. The predicted molar refractivity (Wildman–Crippen MR) is 128 cm³/mol. The Morgan fingerprint density at radius 1 is 0.971 bits per heavy atom. The number of fused-ring (bicyclic) bond motifs is 3. The summed E-state index contributed by atoms with van der Waals surface area (Å²) < 4.78 is 5.52. The smallest absolute Gasteiger partial charge is 0.411 e. The van der Waals surface area contributed by atoms with Gasteiger partial charge < -0.3 is 15.2 Å². The van der Waals surface area contributed by atoms with E-state index in [0.29, 0.717) is 0 Å². The molecule has 0 saturated heterocycles. The summed E-state index contributed by atoms with van der Waals surface area (Å²) in [5.74, 6) is 2.32. The van der Waals surface area contributed by atoms with Gasteiger partial charge in [-0.25, -0.2) is 9.59 Å². The molecule has 2 amide bonds. The van der Waals surface area contributed by atoms with Crippen molar-refractivity contribution in [3.8, 4) is 23.0 Å². The van der Waals surface area contributed by atoms with Crippen molar-refractivity contribution < 1.29 is 24.2 Å². The van der Waals surface area contributed by atoms with Gasteiger partial charge in [0.2, 0.25) is 0 Å². The van der Waals surface area contributed by atoms with Gasteiger partial charge in [-0.3, -0.25) is 10.1 Å². The van der Waals surface area contributed by atoms with Gasteiger partial charge in [-0.2, -0.15) is 0 Å². The molecule has 0 heterocycles. The standard InChI is InChI=1S/C26H19ClN2O5/c27-17-12-16(25(32)28-11-5-10-24(30)31)13-18(14-17)29-26(33)34-15-23-21-8-3-1-6-19(21)20-7-2-4-9-22(20)23/h1-4,6-9,12-14,23H,11,15H2,(H,28,32)(H,29,33)(H,30,31). The topological polar surface area (TPSA) is 105 Å². The number of carbonyl (C=O) groups is 3. The van der Waals surface area contributed by atoms with Crippen molar-refractivity contribution in [3.63, 3.8) is 0 Å². The van der Waals surface area contributed by atoms with Crippen LogP contribution in [0.1, 0.15) is 27.4 Å². The normalized spacial score (nSPS) is 11.4. The van der Waals surface area contributed by atoms with Gasteiger partial charge in [0, 0.05) is 28.1 Å². The van der Waals surface area contributed by atoms with E-state index < -0.39 is 18.0 Å². The van der Waals surface area contributed by atoms with E-state index in [-0.39, 0.29) is 35.3 Å². The van der Waals surface area contributed by atoms with E-state index in [1.807, 2.05) is 42.3 Å². The number of amides is 2. The first-order chi connectivity index (χ1) is 16.4. The van der Waals surface area contributed by atoms with Crippen molar-refractivity contribution in [1.29, 1.82) is 0 Å². The summed E-state index contributed by atoms with van der Waals surface area (Å²) in [6.07, 6.45) is -0.678. The van der Waals surface area contributed by atoms with Crippen molar-refractivity contribution in [2.75, 3.05) is 18.5 Å². The molecule has 0 bridgehead atoms. The third-order valence-corrected chi connectivity index (χ3v) is 5.50. The highest BCUT2D eigenvalue weighted by Gasteiger charge is 2.29. The minimum absolute atomic E-state index is 0.0780. The lowest BCUT2D eigenvalue weighted by atomic mass is 9.98. The average molecular weight is 475 g/mol. The summed E-state index contributed by atoms with van der Waals surface area (Å²) >= 11 is 6.10. The first kappa shape index (κ1) is 22.9. The van der Waals surface area contributed by atoms with Gasteiger partial charge in [-0.1, -0.05) is 66.1 Å². The molecular weight excluding hydrogens is 456 g/mol. The minimum Gasteiger partial charge on any atom is -0.472 e. The van der Waals surface area contributed by atoms with Gasteiger partial charge >= 0.3 is 12.1 Å². The molecule has 0 unspecified atom stereocenters. The number of nitrogens with one attached hydrogen (secondary N) is 2. The molecule has 170 valence electrons. The Bertz CT molecular complexity index is 1300. The molecule has 0 atom stereocenters. The zero-order valence-electron chi connectivity index (χ0n) is 17.8. The summed E-state index contributed by atoms with van der Waals surface area (Å²) in [7, 11) is 0. The van der Waals surface area contributed by atoms with Crippen molar-refractivity contribution in [2.45, 2.75) is 5.92 Å². The molecule has 3 aromatic carbocycles. The number of rotatable bonds is 5.